The van der Waals surface area contributed by atoms with Crippen molar-refractivity contribution in [2.45, 2.75) is 11.8 Å². The summed E-state index contributed by atoms with van der Waals surface area (Å²) in [6.45, 7) is 3.90. The normalized spacial score (nSPS) is 13.5. The number of carbonyl (C=O) groups is 2. The minimum Gasteiger partial charge on any atom is -0.494 e. The molecule has 1 saturated heterocycles. The maximum absolute atomic E-state index is 13.5. The van der Waals surface area contributed by atoms with E-state index < -0.39 is 22.5 Å². The minimum absolute atomic E-state index is 0.0232. The van der Waals surface area contributed by atoms with E-state index >= 15 is 0 Å². The number of rotatable bonds is 12. The van der Waals surface area contributed by atoms with Gasteiger partial charge in [-0.3, -0.25) is 13.9 Å². The number of hydrogen-bond donors (Lipinski definition) is 1. The zero-order valence-corrected chi connectivity index (χ0v) is 23.5. The molecule has 0 saturated carbocycles. The molecular weight excluding hydrogens is 548 g/mol. The molecule has 4 rings (SSSR count). The number of benzene rings is 3. The quantitative estimate of drug-likeness (QED) is 0.258. The summed E-state index contributed by atoms with van der Waals surface area (Å²) in [7, 11) is -4.06. The zero-order chi connectivity index (χ0) is 29.1. The summed E-state index contributed by atoms with van der Waals surface area (Å²) in [5.41, 5.74) is 3.39. The van der Waals surface area contributed by atoms with Gasteiger partial charge in [-0.15, -0.1) is 0 Å². The predicted octanol–water partition coefficient (Wildman–Crippen LogP) is 2.67. The van der Waals surface area contributed by atoms with Crippen LogP contribution < -0.4 is 19.2 Å². The monoisotopic (exact) mass is 580 g/mol. The third-order valence-electron chi connectivity index (χ3n) is 6.06. The van der Waals surface area contributed by atoms with Gasteiger partial charge in [0.15, 0.2) is 6.61 Å². The van der Waals surface area contributed by atoms with Crippen LogP contribution in [0.4, 0.5) is 5.69 Å². The number of para-hydroxylation sites is 1. The highest BCUT2D eigenvalue weighted by Gasteiger charge is 2.27. The third-order valence-corrected chi connectivity index (χ3v) is 7.85. The molecule has 1 aliphatic heterocycles. The standard InChI is InChI=1S/C29H32N4O7S/c1-2-39-25-12-14-27(15-13-25)41(36,37)33(24-6-4-3-5-7-24)21-28(34)31-30-20-23-8-10-26(11-9-23)40-22-29(35)32-16-18-38-19-17-32/h3-15,20H,2,16-19,21-22H2,1H3,(H,31,34)/b30-20-. The van der Waals surface area contributed by atoms with E-state index in [1.807, 2.05) is 6.92 Å². The molecule has 12 heteroatoms. The van der Waals surface area contributed by atoms with Gasteiger partial charge in [0, 0.05) is 13.1 Å². The second-order valence-electron chi connectivity index (χ2n) is 8.90. The molecule has 0 atom stereocenters. The largest absolute Gasteiger partial charge is 0.494 e. The second kappa shape index (κ2) is 14.3. The Kier molecular flexibility index (Phi) is 10.3. The zero-order valence-electron chi connectivity index (χ0n) is 22.6. The van der Waals surface area contributed by atoms with Crippen LogP contribution in [0.1, 0.15) is 12.5 Å². The van der Waals surface area contributed by atoms with Crippen LogP contribution >= 0.6 is 0 Å². The molecule has 1 N–H and O–H groups in total. The van der Waals surface area contributed by atoms with Crippen LogP contribution in [0.5, 0.6) is 11.5 Å². The lowest BCUT2D eigenvalue weighted by molar-refractivity contribution is -0.137. The van der Waals surface area contributed by atoms with E-state index in [0.29, 0.717) is 55.7 Å². The molecule has 3 aromatic carbocycles. The van der Waals surface area contributed by atoms with Crippen LogP contribution in [0.3, 0.4) is 0 Å². The molecule has 11 nitrogen and oxygen atoms in total. The molecule has 0 aromatic heterocycles. The Balaban J connectivity index is 1.35. The molecule has 1 fully saturated rings. The van der Waals surface area contributed by atoms with Crippen LogP contribution in [0.15, 0.2) is 88.9 Å². The first-order valence-corrected chi connectivity index (χ1v) is 14.5. The summed E-state index contributed by atoms with van der Waals surface area (Å²) in [4.78, 5) is 26.7. The number of morpholine rings is 1. The maximum atomic E-state index is 13.5. The van der Waals surface area contributed by atoms with Crippen LogP contribution in [0.2, 0.25) is 0 Å². The Morgan fingerprint density at radius 2 is 1.59 bits per heavy atom. The fourth-order valence-electron chi connectivity index (χ4n) is 3.95. The van der Waals surface area contributed by atoms with E-state index in [0.717, 1.165) is 4.31 Å². The van der Waals surface area contributed by atoms with Crippen molar-refractivity contribution in [1.29, 1.82) is 0 Å². The number of amides is 2. The van der Waals surface area contributed by atoms with Gasteiger partial charge >= 0.3 is 0 Å². The van der Waals surface area contributed by atoms with Gasteiger partial charge < -0.3 is 19.1 Å². The Hall–Kier alpha value is -4.42. The molecule has 3 aromatic rings. The molecule has 2 amide bonds. The summed E-state index contributed by atoms with van der Waals surface area (Å²) >= 11 is 0. The first kappa shape index (κ1) is 29.6. The van der Waals surface area contributed by atoms with Gasteiger partial charge in [-0.25, -0.2) is 13.8 Å². The smallest absolute Gasteiger partial charge is 0.264 e. The first-order chi connectivity index (χ1) is 19.9. The number of sulfonamides is 1. The van der Waals surface area contributed by atoms with E-state index in [2.05, 4.69) is 10.5 Å². The van der Waals surface area contributed by atoms with Crippen molar-refractivity contribution in [2.24, 2.45) is 5.10 Å². The molecule has 41 heavy (non-hydrogen) atoms. The number of hydrogen-bond acceptors (Lipinski definition) is 8. The topological polar surface area (TPSA) is 127 Å². The first-order valence-electron chi connectivity index (χ1n) is 13.1. The highest BCUT2D eigenvalue weighted by molar-refractivity contribution is 7.92. The van der Waals surface area contributed by atoms with Crippen molar-refractivity contribution in [3.05, 3.63) is 84.4 Å². The van der Waals surface area contributed by atoms with E-state index in [9.17, 15) is 18.0 Å². The number of hydrazone groups is 1. The lowest BCUT2D eigenvalue weighted by Gasteiger charge is -2.26. The van der Waals surface area contributed by atoms with Crippen LogP contribution in [0, 0.1) is 0 Å². The van der Waals surface area contributed by atoms with Crippen LogP contribution in [-0.4, -0.2) is 77.4 Å². The fourth-order valence-corrected chi connectivity index (χ4v) is 5.38. The van der Waals surface area contributed by atoms with Crippen LogP contribution in [-0.2, 0) is 24.3 Å². The predicted molar refractivity (Wildman–Crippen MR) is 154 cm³/mol. The molecule has 0 bridgehead atoms. The fraction of sp³-hybridized carbons (Fsp3) is 0.276. The maximum Gasteiger partial charge on any atom is 0.264 e. The Morgan fingerprint density at radius 3 is 2.24 bits per heavy atom. The van der Waals surface area contributed by atoms with E-state index in [-0.39, 0.29) is 17.4 Å². The van der Waals surface area contributed by atoms with Crippen LogP contribution in [0.25, 0.3) is 0 Å². The van der Waals surface area contributed by atoms with Gasteiger partial charge in [0.25, 0.3) is 21.8 Å². The summed E-state index contributed by atoms with van der Waals surface area (Å²) in [5, 5.41) is 3.96. The summed E-state index contributed by atoms with van der Waals surface area (Å²) in [6, 6.07) is 21.2. The van der Waals surface area contributed by atoms with Gasteiger partial charge in [0.2, 0.25) is 0 Å². The second-order valence-corrected chi connectivity index (χ2v) is 10.8. The SMILES string of the molecule is CCOc1ccc(S(=O)(=O)N(CC(=O)N/N=C\c2ccc(OCC(=O)N3CCOCC3)cc2)c2ccccc2)cc1. The molecule has 0 spiro atoms. The van der Waals surface area contributed by atoms with Crippen molar-refractivity contribution in [3.63, 3.8) is 0 Å². The van der Waals surface area contributed by atoms with Crippen molar-refractivity contribution in [3.8, 4) is 11.5 Å². The highest BCUT2D eigenvalue weighted by Crippen LogP contribution is 2.25. The minimum atomic E-state index is -4.06. The number of ether oxygens (including phenoxy) is 3. The lowest BCUT2D eigenvalue weighted by atomic mass is 10.2. The van der Waals surface area contributed by atoms with E-state index in [1.54, 1.807) is 71.6 Å². The molecular formula is C29H32N4O7S. The molecule has 0 aliphatic carbocycles. The molecule has 0 unspecified atom stereocenters. The summed E-state index contributed by atoms with van der Waals surface area (Å²) in [5.74, 6) is 0.341. The van der Waals surface area contributed by atoms with Gasteiger partial charge in [-0.1, -0.05) is 18.2 Å². The van der Waals surface area contributed by atoms with Crippen molar-refractivity contribution >= 4 is 33.7 Å². The average molecular weight is 581 g/mol. The Labute approximate surface area is 239 Å². The number of anilines is 1. The molecule has 0 radical (unpaired) electrons. The van der Waals surface area contributed by atoms with E-state index in [1.165, 1.54) is 18.3 Å². The average Bonchev–Trinajstić information content (AvgIpc) is 3.00. The van der Waals surface area contributed by atoms with Crippen molar-refractivity contribution in [1.82, 2.24) is 10.3 Å². The Morgan fingerprint density at radius 1 is 0.951 bits per heavy atom. The van der Waals surface area contributed by atoms with Gasteiger partial charge in [0.05, 0.1) is 36.6 Å². The summed E-state index contributed by atoms with van der Waals surface area (Å²) < 4.78 is 44.2. The third kappa shape index (κ3) is 8.29. The summed E-state index contributed by atoms with van der Waals surface area (Å²) in [6.07, 6.45) is 1.42. The molecule has 216 valence electrons. The van der Waals surface area contributed by atoms with Gasteiger partial charge in [-0.05, 0) is 73.2 Å². The van der Waals surface area contributed by atoms with E-state index in [4.69, 9.17) is 14.2 Å². The Bertz CT molecular complexity index is 1420. The van der Waals surface area contributed by atoms with Gasteiger partial charge in [-0.2, -0.15) is 5.10 Å². The van der Waals surface area contributed by atoms with Crippen molar-refractivity contribution in [2.75, 3.05) is 50.4 Å². The van der Waals surface area contributed by atoms with Gasteiger partial charge in [0.1, 0.15) is 18.0 Å². The number of carbonyl (C=O) groups excluding carboxylic acids is 2. The molecule has 1 heterocycles. The number of nitrogens with zero attached hydrogens (tertiary/aromatic N) is 3. The number of nitrogens with one attached hydrogen (secondary N) is 1. The highest BCUT2D eigenvalue weighted by atomic mass is 32.2. The van der Waals surface area contributed by atoms with Crippen molar-refractivity contribution < 1.29 is 32.2 Å². The lowest BCUT2D eigenvalue weighted by Crippen LogP contribution is -2.42. The molecule has 1 aliphatic rings.